The van der Waals surface area contributed by atoms with Crippen molar-refractivity contribution in [1.82, 2.24) is 10.2 Å². The highest BCUT2D eigenvalue weighted by atomic mass is 16.4. The zero-order chi connectivity index (χ0) is 17.3. The first-order chi connectivity index (χ1) is 10.2. The van der Waals surface area contributed by atoms with Crippen LogP contribution in [0.5, 0.6) is 0 Å². The maximum atomic E-state index is 11.8. The van der Waals surface area contributed by atoms with Gasteiger partial charge in [0.25, 0.3) is 0 Å². The first kappa shape index (κ1) is 20.7. The van der Waals surface area contributed by atoms with E-state index >= 15 is 0 Å². The van der Waals surface area contributed by atoms with E-state index in [9.17, 15) is 30.0 Å². The van der Waals surface area contributed by atoms with E-state index in [1.54, 1.807) is 6.92 Å². The normalized spacial score (nSPS) is 18.0. The third-order valence-corrected chi connectivity index (χ3v) is 3.36. The molecule has 0 aromatic heterocycles. The number of likely N-dealkylation sites (N-methyl/N-ethyl adjacent to an activating group) is 1. The van der Waals surface area contributed by atoms with E-state index in [-0.39, 0.29) is 24.9 Å². The summed E-state index contributed by atoms with van der Waals surface area (Å²) < 4.78 is 0. The number of aliphatic hydroxyl groups is 5. The molecule has 0 spiro atoms. The third-order valence-electron chi connectivity index (χ3n) is 3.36. The van der Waals surface area contributed by atoms with Crippen LogP contribution >= 0.6 is 0 Å². The lowest BCUT2D eigenvalue weighted by molar-refractivity contribution is -0.138. The number of aliphatic hydroxyl groups excluding tert-OH is 5. The Labute approximate surface area is 129 Å². The van der Waals surface area contributed by atoms with Gasteiger partial charge in [0.05, 0.1) is 6.61 Å². The Kier molecular flexibility index (Phi) is 9.86. The molecule has 5 atom stereocenters. The number of carbonyl (C=O) groups is 2. The summed E-state index contributed by atoms with van der Waals surface area (Å²) >= 11 is 0. The van der Waals surface area contributed by atoms with Gasteiger partial charge in [-0.05, 0) is 13.3 Å². The van der Waals surface area contributed by atoms with Crippen LogP contribution in [0.25, 0.3) is 0 Å². The summed E-state index contributed by atoms with van der Waals surface area (Å²) in [6.45, 7) is 0.735. The van der Waals surface area contributed by atoms with Crippen molar-refractivity contribution in [2.24, 2.45) is 0 Å². The summed E-state index contributed by atoms with van der Waals surface area (Å²) in [6, 6.07) is -0.160. The van der Waals surface area contributed by atoms with Crippen molar-refractivity contribution in [3.05, 3.63) is 0 Å². The number of hydrogen-bond donors (Lipinski definition) is 6. The van der Waals surface area contributed by atoms with E-state index in [0.29, 0.717) is 12.8 Å². The molecule has 6 N–H and O–H groups in total. The number of rotatable bonds is 11. The zero-order valence-electron chi connectivity index (χ0n) is 12.8. The molecular formula is C13H26N2O7. The number of nitrogens with zero attached hydrogens (tertiary/aromatic N) is 1. The third kappa shape index (κ3) is 7.14. The molecule has 9 nitrogen and oxygen atoms in total. The van der Waals surface area contributed by atoms with Crippen molar-refractivity contribution in [3.8, 4) is 0 Å². The summed E-state index contributed by atoms with van der Waals surface area (Å²) in [6.07, 6.45) is -5.37. The highest BCUT2D eigenvalue weighted by Gasteiger charge is 2.31. The SMILES string of the molecule is CC(CCC(=O)N(C)CC(O)C(O)C(O)C(O)CO)NC=O. The topological polar surface area (TPSA) is 151 Å². The first-order valence-corrected chi connectivity index (χ1v) is 7.01. The van der Waals surface area contributed by atoms with Crippen LogP contribution in [-0.4, -0.2) is 93.4 Å². The number of amides is 2. The minimum Gasteiger partial charge on any atom is -0.394 e. The molecule has 0 rings (SSSR count). The fourth-order valence-electron chi connectivity index (χ4n) is 1.78. The maximum absolute atomic E-state index is 11.8. The van der Waals surface area contributed by atoms with Gasteiger partial charge >= 0.3 is 0 Å². The molecule has 0 saturated heterocycles. The van der Waals surface area contributed by atoms with Crippen molar-refractivity contribution in [1.29, 1.82) is 0 Å². The fraction of sp³-hybridized carbons (Fsp3) is 0.846. The van der Waals surface area contributed by atoms with Crippen LogP contribution in [-0.2, 0) is 9.59 Å². The molecule has 0 heterocycles. The quantitative estimate of drug-likeness (QED) is 0.219. The average Bonchev–Trinajstić information content (AvgIpc) is 2.50. The highest BCUT2D eigenvalue weighted by Crippen LogP contribution is 2.08. The van der Waals surface area contributed by atoms with Gasteiger partial charge < -0.3 is 35.7 Å². The number of hydrogen-bond acceptors (Lipinski definition) is 7. The molecule has 0 aliphatic heterocycles. The smallest absolute Gasteiger partial charge is 0.222 e. The lowest BCUT2D eigenvalue weighted by Crippen LogP contribution is -2.50. The molecule has 22 heavy (non-hydrogen) atoms. The van der Waals surface area contributed by atoms with Crippen LogP contribution < -0.4 is 5.32 Å². The second-order valence-electron chi connectivity index (χ2n) is 5.30. The molecule has 0 aromatic rings. The molecule has 0 bridgehead atoms. The lowest BCUT2D eigenvalue weighted by Gasteiger charge is -2.28. The standard InChI is InChI=1S/C13H26N2O7/c1-8(14-7-17)3-4-11(20)15(2)5-9(18)12(21)13(22)10(19)6-16/h7-10,12-13,16,18-19,21-22H,3-6H2,1-2H3,(H,14,17). The van der Waals surface area contributed by atoms with Crippen molar-refractivity contribution >= 4 is 12.3 Å². The molecular weight excluding hydrogens is 296 g/mol. The van der Waals surface area contributed by atoms with Gasteiger partial charge in [0.1, 0.15) is 24.4 Å². The van der Waals surface area contributed by atoms with Gasteiger partial charge in [0, 0.05) is 26.1 Å². The Bertz CT molecular complexity index is 342. The summed E-state index contributed by atoms with van der Waals surface area (Å²) in [5.41, 5.74) is 0. The van der Waals surface area contributed by atoms with Crippen molar-refractivity contribution in [2.75, 3.05) is 20.2 Å². The van der Waals surface area contributed by atoms with Crippen LogP contribution in [0.4, 0.5) is 0 Å². The molecule has 0 fully saturated rings. The average molecular weight is 322 g/mol. The Morgan fingerprint density at radius 2 is 1.73 bits per heavy atom. The molecule has 130 valence electrons. The van der Waals surface area contributed by atoms with E-state index < -0.39 is 31.0 Å². The van der Waals surface area contributed by atoms with E-state index in [2.05, 4.69) is 5.32 Å². The Balaban J connectivity index is 4.30. The minimum atomic E-state index is -1.72. The largest absolute Gasteiger partial charge is 0.394 e. The van der Waals surface area contributed by atoms with Gasteiger partial charge in [0.15, 0.2) is 0 Å². The van der Waals surface area contributed by atoms with Crippen LogP contribution in [0.3, 0.4) is 0 Å². The van der Waals surface area contributed by atoms with E-state index in [1.165, 1.54) is 11.9 Å². The summed E-state index contributed by atoms with van der Waals surface area (Å²) in [4.78, 5) is 23.2. The van der Waals surface area contributed by atoms with Gasteiger partial charge in [-0.2, -0.15) is 0 Å². The Morgan fingerprint density at radius 1 is 1.18 bits per heavy atom. The molecule has 5 unspecified atom stereocenters. The summed E-state index contributed by atoms with van der Waals surface area (Å²) in [5.74, 6) is -0.303. The van der Waals surface area contributed by atoms with Gasteiger partial charge in [0.2, 0.25) is 12.3 Å². The second-order valence-corrected chi connectivity index (χ2v) is 5.30. The predicted octanol–water partition coefficient (Wildman–Crippen LogP) is -3.20. The van der Waals surface area contributed by atoms with Gasteiger partial charge in [-0.25, -0.2) is 0 Å². The second kappa shape index (κ2) is 10.5. The maximum Gasteiger partial charge on any atom is 0.222 e. The molecule has 0 radical (unpaired) electrons. The van der Waals surface area contributed by atoms with Crippen molar-refractivity contribution < 1.29 is 35.1 Å². The molecule has 0 aliphatic rings. The van der Waals surface area contributed by atoms with E-state index in [0.717, 1.165) is 0 Å². The minimum absolute atomic E-state index is 0.142. The lowest BCUT2D eigenvalue weighted by atomic mass is 10.0. The summed E-state index contributed by atoms with van der Waals surface area (Å²) in [5, 5.41) is 49.3. The van der Waals surface area contributed by atoms with E-state index in [4.69, 9.17) is 5.11 Å². The Hall–Kier alpha value is -1.26. The van der Waals surface area contributed by atoms with Crippen LogP contribution in [0, 0.1) is 0 Å². The zero-order valence-corrected chi connectivity index (χ0v) is 12.8. The van der Waals surface area contributed by atoms with Crippen LogP contribution in [0.1, 0.15) is 19.8 Å². The first-order valence-electron chi connectivity index (χ1n) is 7.01. The predicted molar refractivity (Wildman–Crippen MR) is 76.6 cm³/mol. The van der Waals surface area contributed by atoms with Gasteiger partial charge in [-0.1, -0.05) is 0 Å². The molecule has 2 amide bonds. The molecule has 9 heteroatoms. The van der Waals surface area contributed by atoms with Gasteiger partial charge in [-0.15, -0.1) is 0 Å². The highest BCUT2D eigenvalue weighted by molar-refractivity contribution is 5.75. The van der Waals surface area contributed by atoms with Gasteiger partial charge in [-0.3, -0.25) is 9.59 Å². The van der Waals surface area contributed by atoms with Crippen LogP contribution in [0.15, 0.2) is 0 Å². The van der Waals surface area contributed by atoms with Crippen molar-refractivity contribution in [2.45, 2.75) is 50.2 Å². The number of carbonyl (C=O) groups excluding carboxylic acids is 2. The molecule has 0 aromatic carbocycles. The number of nitrogens with one attached hydrogen (secondary N) is 1. The van der Waals surface area contributed by atoms with E-state index in [1.807, 2.05) is 0 Å². The molecule has 0 aliphatic carbocycles. The fourth-order valence-corrected chi connectivity index (χ4v) is 1.78. The van der Waals surface area contributed by atoms with Crippen LogP contribution in [0.2, 0.25) is 0 Å². The monoisotopic (exact) mass is 322 g/mol. The Morgan fingerprint density at radius 3 is 2.23 bits per heavy atom. The van der Waals surface area contributed by atoms with Crippen molar-refractivity contribution in [3.63, 3.8) is 0 Å². The summed E-state index contributed by atoms with van der Waals surface area (Å²) in [7, 11) is 1.42. The molecule has 0 saturated carbocycles.